The topological polar surface area (TPSA) is 0 Å². The van der Waals surface area contributed by atoms with Crippen molar-refractivity contribution in [3.05, 3.63) is 108 Å². The van der Waals surface area contributed by atoms with E-state index >= 15 is 0 Å². The van der Waals surface area contributed by atoms with E-state index in [2.05, 4.69) is 118 Å². The van der Waals surface area contributed by atoms with Crippen molar-refractivity contribution in [3.63, 3.8) is 0 Å². The zero-order valence-corrected chi connectivity index (χ0v) is 22.5. The van der Waals surface area contributed by atoms with Crippen molar-refractivity contribution in [1.82, 2.24) is 0 Å². The van der Waals surface area contributed by atoms with Crippen LogP contribution in [0.2, 0.25) is 0 Å². The van der Waals surface area contributed by atoms with E-state index in [1.807, 2.05) is 41.5 Å². The Hall–Kier alpha value is -2.86. The van der Waals surface area contributed by atoms with Crippen LogP contribution >= 0.6 is 0 Å². The number of rotatable bonds is 5. The maximum atomic E-state index is 2.39. The standard InChI is InChI=1S/C27H28.3C2H6/c1-4-6-13-22(11-5-2)25-18-26(23-14-8-7-9-15-23)20-27(19-25)24-16-10-12-21(3)17-24;3*1-2/h4-11,13-21H,12H2,1-3H3;3*1-2H3/b6-4-,11-5-,22-13+;;;. The molecule has 0 heterocycles. The van der Waals surface area contributed by atoms with Crippen LogP contribution in [0.4, 0.5) is 0 Å². The Kier molecular flexibility index (Phi) is 17.1. The lowest BCUT2D eigenvalue weighted by Gasteiger charge is -2.16. The van der Waals surface area contributed by atoms with Crippen molar-refractivity contribution in [1.29, 1.82) is 0 Å². The van der Waals surface area contributed by atoms with Crippen molar-refractivity contribution in [2.45, 2.75) is 68.7 Å². The third kappa shape index (κ3) is 10.1. The van der Waals surface area contributed by atoms with E-state index in [9.17, 15) is 0 Å². The van der Waals surface area contributed by atoms with Crippen LogP contribution in [0.25, 0.3) is 22.3 Å². The smallest absolute Gasteiger partial charge is 0.0172 e. The fourth-order valence-electron chi connectivity index (χ4n) is 3.42. The molecule has 1 unspecified atom stereocenters. The molecule has 2 aromatic rings. The van der Waals surface area contributed by atoms with Gasteiger partial charge in [-0.05, 0) is 77.8 Å². The maximum absolute atomic E-state index is 2.39. The van der Waals surface area contributed by atoms with Gasteiger partial charge < -0.3 is 0 Å². The van der Waals surface area contributed by atoms with Gasteiger partial charge in [-0.15, -0.1) is 0 Å². The average molecular weight is 443 g/mol. The van der Waals surface area contributed by atoms with Gasteiger partial charge in [-0.25, -0.2) is 0 Å². The van der Waals surface area contributed by atoms with Crippen molar-refractivity contribution in [2.75, 3.05) is 0 Å². The summed E-state index contributed by atoms with van der Waals surface area (Å²) in [5.41, 5.74) is 7.58. The quantitative estimate of drug-likeness (QED) is 0.404. The summed E-state index contributed by atoms with van der Waals surface area (Å²) >= 11 is 0. The lowest BCUT2D eigenvalue weighted by molar-refractivity contribution is 0.740. The second-order valence-electron chi connectivity index (χ2n) is 7.05. The van der Waals surface area contributed by atoms with Gasteiger partial charge in [0.1, 0.15) is 0 Å². The third-order valence-electron chi connectivity index (χ3n) is 4.79. The maximum Gasteiger partial charge on any atom is -0.0172 e. The summed E-state index contributed by atoms with van der Waals surface area (Å²) in [6.07, 6.45) is 18.7. The van der Waals surface area contributed by atoms with E-state index in [-0.39, 0.29) is 0 Å². The second kappa shape index (κ2) is 18.7. The predicted octanol–water partition coefficient (Wildman–Crippen LogP) is 10.9. The molecule has 0 saturated carbocycles. The Morgan fingerprint density at radius 2 is 1.42 bits per heavy atom. The van der Waals surface area contributed by atoms with Crippen LogP contribution in [0.3, 0.4) is 0 Å². The molecule has 0 nitrogen and oxygen atoms in total. The molecule has 0 saturated heterocycles. The van der Waals surface area contributed by atoms with Crippen LogP contribution in [0.1, 0.15) is 79.9 Å². The Balaban J connectivity index is 0.00000158. The van der Waals surface area contributed by atoms with Crippen LogP contribution in [0, 0.1) is 5.92 Å². The average Bonchev–Trinajstić information content (AvgIpc) is 2.90. The highest BCUT2D eigenvalue weighted by Gasteiger charge is 2.11. The van der Waals surface area contributed by atoms with Gasteiger partial charge in [0.15, 0.2) is 0 Å². The molecule has 33 heavy (non-hydrogen) atoms. The molecule has 3 rings (SSSR count). The van der Waals surface area contributed by atoms with Gasteiger partial charge in [0, 0.05) is 0 Å². The molecule has 0 radical (unpaired) electrons. The summed E-state index contributed by atoms with van der Waals surface area (Å²) in [6, 6.07) is 17.6. The molecule has 1 aliphatic carbocycles. The summed E-state index contributed by atoms with van der Waals surface area (Å²) in [6.45, 7) is 18.4. The van der Waals surface area contributed by atoms with E-state index < -0.39 is 0 Å². The van der Waals surface area contributed by atoms with E-state index in [1.54, 1.807) is 0 Å². The van der Waals surface area contributed by atoms with Crippen LogP contribution in [0.15, 0.2) is 97.1 Å². The molecule has 0 aromatic heterocycles. The van der Waals surface area contributed by atoms with Crippen LogP contribution in [-0.2, 0) is 0 Å². The summed E-state index contributed by atoms with van der Waals surface area (Å²) in [5.74, 6) is 0.586. The summed E-state index contributed by atoms with van der Waals surface area (Å²) in [4.78, 5) is 0. The molecule has 2 aromatic carbocycles. The minimum absolute atomic E-state index is 0.586. The molecule has 0 amide bonds. The van der Waals surface area contributed by atoms with E-state index in [0.29, 0.717) is 5.92 Å². The molecule has 0 bridgehead atoms. The zero-order chi connectivity index (χ0) is 25.1. The van der Waals surface area contributed by atoms with Crippen LogP contribution < -0.4 is 0 Å². The van der Waals surface area contributed by atoms with Gasteiger partial charge in [0.2, 0.25) is 0 Å². The largest absolute Gasteiger partial charge is 0.0876 e. The highest BCUT2D eigenvalue weighted by molar-refractivity contribution is 5.85. The summed E-state index contributed by atoms with van der Waals surface area (Å²) < 4.78 is 0. The Morgan fingerprint density at radius 1 is 0.788 bits per heavy atom. The highest BCUT2D eigenvalue weighted by atomic mass is 14.2. The molecular formula is C33H46. The first-order valence-corrected chi connectivity index (χ1v) is 12.8. The highest BCUT2D eigenvalue weighted by Crippen LogP contribution is 2.32. The molecule has 178 valence electrons. The second-order valence-corrected chi connectivity index (χ2v) is 7.05. The summed E-state index contributed by atoms with van der Waals surface area (Å²) in [5, 5.41) is 0. The Bertz CT molecular complexity index is 918. The van der Waals surface area contributed by atoms with Gasteiger partial charge in [-0.3, -0.25) is 0 Å². The van der Waals surface area contributed by atoms with Crippen molar-refractivity contribution < 1.29 is 0 Å². The molecule has 0 fully saturated rings. The summed E-state index contributed by atoms with van der Waals surface area (Å²) in [7, 11) is 0. The fraction of sp³-hybridized carbons (Fsp3) is 0.333. The SMILES string of the molecule is CC.CC.CC.C\C=C/C=C(\C=C/C)c1cc(C2=CC(C)CC=C2)cc(-c2ccccc2)c1. The molecule has 1 aliphatic rings. The van der Waals surface area contributed by atoms with Gasteiger partial charge in [0.25, 0.3) is 0 Å². The first-order valence-electron chi connectivity index (χ1n) is 12.8. The van der Waals surface area contributed by atoms with Crippen molar-refractivity contribution >= 4 is 11.1 Å². The first kappa shape index (κ1) is 30.1. The molecule has 0 heteroatoms. The van der Waals surface area contributed by atoms with Gasteiger partial charge in [-0.2, -0.15) is 0 Å². The normalized spacial score (nSPS) is 15.0. The zero-order valence-electron chi connectivity index (χ0n) is 22.5. The molecule has 0 N–H and O–H groups in total. The third-order valence-corrected chi connectivity index (χ3v) is 4.79. The minimum atomic E-state index is 0.586. The first-order chi connectivity index (χ1) is 16.2. The van der Waals surface area contributed by atoms with Crippen LogP contribution in [-0.4, -0.2) is 0 Å². The van der Waals surface area contributed by atoms with Crippen molar-refractivity contribution in [2.24, 2.45) is 5.92 Å². The Labute approximate surface area is 205 Å². The van der Waals surface area contributed by atoms with Gasteiger partial charge >= 0.3 is 0 Å². The number of allylic oxidation sites excluding steroid dienone is 10. The molecule has 0 spiro atoms. The molecular weight excluding hydrogens is 396 g/mol. The van der Waals surface area contributed by atoms with E-state index in [4.69, 9.17) is 0 Å². The Morgan fingerprint density at radius 3 is 2.00 bits per heavy atom. The monoisotopic (exact) mass is 442 g/mol. The van der Waals surface area contributed by atoms with E-state index in [0.717, 1.165) is 6.42 Å². The lowest BCUT2D eigenvalue weighted by atomic mass is 9.89. The number of benzene rings is 2. The molecule has 0 aliphatic heterocycles. The minimum Gasteiger partial charge on any atom is -0.0876 e. The number of hydrogen-bond donors (Lipinski definition) is 0. The van der Waals surface area contributed by atoms with Gasteiger partial charge in [0.05, 0.1) is 0 Å². The number of hydrogen-bond acceptors (Lipinski definition) is 0. The predicted molar refractivity (Wildman–Crippen MR) is 154 cm³/mol. The van der Waals surface area contributed by atoms with E-state index in [1.165, 1.54) is 33.4 Å². The van der Waals surface area contributed by atoms with Gasteiger partial charge in [-0.1, -0.05) is 127 Å². The molecule has 1 atom stereocenters. The van der Waals surface area contributed by atoms with Crippen LogP contribution in [0.5, 0.6) is 0 Å². The lowest BCUT2D eigenvalue weighted by Crippen LogP contribution is -1.96. The van der Waals surface area contributed by atoms with Crippen molar-refractivity contribution in [3.8, 4) is 11.1 Å². The fourth-order valence-corrected chi connectivity index (χ4v) is 3.42.